The van der Waals surface area contributed by atoms with Gasteiger partial charge in [0.05, 0.1) is 12.6 Å². The summed E-state index contributed by atoms with van der Waals surface area (Å²) in [5, 5.41) is 29.1. The number of benzene rings is 3. The van der Waals surface area contributed by atoms with Crippen molar-refractivity contribution in [2.45, 2.75) is 44.5 Å². The molecule has 1 atom stereocenters. The molecule has 1 heterocycles. The van der Waals surface area contributed by atoms with E-state index in [1.54, 1.807) is 43.3 Å². The quantitative estimate of drug-likeness (QED) is 0.0725. The van der Waals surface area contributed by atoms with Gasteiger partial charge in [0, 0.05) is 29.9 Å². The molecular formula is C33H35F4N5O7. The molecule has 7 N–H and O–H groups in total. The van der Waals surface area contributed by atoms with Gasteiger partial charge in [-0.25, -0.2) is 9.18 Å². The number of carbonyl (C=O) groups is 4. The molecule has 16 heteroatoms. The summed E-state index contributed by atoms with van der Waals surface area (Å²) in [4.78, 5) is 46.9. The number of nitrogens with one attached hydrogen (secondary N) is 3. The minimum Gasteiger partial charge on any atom is -0.490 e. The lowest BCUT2D eigenvalue weighted by molar-refractivity contribution is -0.192. The Morgan fingerprint density at radius 1 is 0.980 bits per heavy atom. The molecular weight excluding hydrogens is 654 g/mol. The van der Waals surface area contributed by atoms with E-state index in [1.807, 2.05) is 23.1 Å². The van der Waals surface area contributed by atoms with Crippen molar-refractivity contribution in [1.82, 2.24) is 10.2 Å². The van der Waals surface area contributed by atoms with Crippen molar-refractivity contribution in [3.05, 3.63) is 83.7 Å². The lowest BCUT2D eigenvalue weighted by Gasteiger charge is -2.31. The Morgan fingerprint density at radius 3 is 2.10 bits per heavy atom. The fourth-order valence-corrected chi connectivity index (χ4v) is 4.79. The standard InChI is InChI=1S/C31H34FN5O5.C2HF3O2/c1-19(35-28(38)17-29(39)36-24-9-4-21(5-10-24)31(33)34)22-6-11-27(26(16-22)20-2-7-23(32)8-3-20)42-25-12-14-37(15-13-25)18-30(40)41;3-2(4,5)1(6)7/h2-11,16,19,25H,12-15,17-18H2,1H3,(H3,33,34)(H,35,38)(H,36,39)(H,40,41);(H,6,7). The van der Waals surface area contributed by atoms with Gasteiger partial charge in [-0.1, -0.05) is 18.2 Å². The van der Waals surface area contributed by atoms with E-state index in [0.29, 0.717) is 42.9 Å². The van der Waals surface area contributed by atoms with Gasteiger partial charge < -0.3 is 31.3 Å². The van der Waals surface area contributed by atoms with Crippen LogP contribution in [0.4, 0.5) is 23.2 Å². The first-order valence-corrected chi connectivity index (χ1v) is 14.9. The maximum atomic E-state index is 13.7. The molecule has 3 aromatic carbocycles. The Morgan fingerprint density at radius 2 is 1.57 bits per heavy atom. The molecule has 1 aliphatic rings. The number of anilines is 1. The first-order valence-electron chi connectivity index (χ1n) is 14.9. The van der Waals surface area contributed by atoms with Crippen molar-refractivity contribution in [2.24, 2.45) is 5.73 Å². The number of hydrogen-bond donors (Lipinski definition) is 6. The zero-order valence-corrected chi connectivity index (χ0v) is 26.2. The van der Waals surface area contributed by atoms with Crippen molar-refractivity contribution in [3.8, 4) is 16.9 Å². The number of carboxylic acid groups (broad SMARTS) is 2. The molecule has 1 aliphatic heterocycles. The van der Waals surface area contributed by atoms with Crippen LogP contribution in [0.25, 0.3) is 11.1 Å². The normalized spacial score (nSPS) is 14.1. The number of carboxylic acids is 2. The number of aliphatic carboxylic acids is 2. The van der Waals surface area contributed by atoms with Gasteiger partial charge in [0.2, 0.25) is 11.8 Å². The highest BCUT2D eigenvalue weighted by Gasteiger charge is 2.38. The van der Waals surface area contributed by atoms with Gasteiger partial charge in [0.25, 0.3) is 0 Å². The number of alkyl halides is 3. The van der Waals surface area contributed by atoms with Crippen molar-refractivity contribution in [2.75, 3.05) is 25.0 Å². The fraction of sp³-hybridized carbons (Fsp3) is 0.303. The van der Waals surface area contributed by atoms with E-state index in [4.69, 9.17) is 30.9 Å². The summed E-state index contributed by atoms with van der Waals surface area (Å²) in [7, 11) is 0. The van der Waals surface area contributed by atoms with Crippen LogP contribution in [0.5, 0.6) is 5.75 Å². The molecule has 0 spiro atoms. The van der Waals surface area contributed by atoms with Crippen LogP contribution in [-0.2, 0) is 19.2 Å². The van der Waals surface area contributed by atoms with Gasteiger partial charge in [-0.2, -0.15) is 13.2 Å². The molecule has 4 rings (SSSR count). The van der Waals surface area contributed by atoms with Crippen LogP contribution in [0, 0.1) is 11.2 Å². The zero-order valence-electron chi connectivity index (χ0n) is 26.2. The molecule has 49 heavy (non-hydrogen) atoms. The van der Waals surface area contributed by atoms with Crippen molar-refractivity contribution in [3.63, 3.8) is 0 Å². The number of carbonyl (C=O) groups excluding carboxylic acids is 2. The molecule has 3 aromatic rings. The molecule has 12 nitrogen and oxygen atoms in total. The minimum atomic E-state index is -5.08. The van der Waals surface area contributed by atoms with E-state index in [-0.39, 0.29) is 30.7 Å². The predicted molar refractivity (Wildman–Crippen MR) is 171 cm³/mol. The Bertz CT molecular complexity index is 1640. The van der Waals surface area contributed by atoms with Crippen molar-refractivity contribution >= 4 is 35.3 Å². The number of ether oxygens (including phenoxy) is 1. The number of nitrogen functional groups attached to an aromatic ring is 1. The average Bonchev–Trinajstić information content (AvgIpc) is 3.02. The fourth-order valence-electron chi connectivity index (χ4n) is 4.79. The molecule has 1 saturated heterocycles. The van der Waals surface area contributed by atoms with Crippen LogP contribution in [0.2, 0.25) is 0 Å². The first kappa shape index (κ1) is 37.9. The third-order valence-corrected chi connectivity index (χ3v) is 7.27. The van der Waals surface area contributed by atoms with Crippen LogP contribution in [0.15, 0.2) is 66.7 Å². The van der Waals surface area contributed by atoms with E-state index >= 15 is 0 Å². The second kappa shape index (κ2) is 17.1. The number of nitrogens with two attached hydrogens (primary N) is 1. The predicted octanol–water partition coefficient (Wildman–Crippen LogP) is 4.54. The number of nitrogens with zero attached hydrogens (tertiary/aromatic N) is 1. The number of rotatable bonds is 11. The average molecular weight is 690 g/mol. The second-order valence-corrected chi connectivity index (χ2v) is 11.1. The third-order valence-electron chi connectivity index (χ3n) is 7.27. The van der Waals surface area contributed by atoms with E-state index in [1.165, 1.54) is 12.1 Å². The molecule has 0 aliphatic carbocycles. The van der Waals surface area contributed by atoms with Gasteiger partial charge in [0.15, 0.2) is 0 Å². The van der Waals surface area contributed by atoms with Crippen LogP contribution in [-0.4, -0.2) is 76.6 Å². The SMILES string of the molecule is CC(NC(=O)CC(=O)Nc1ccc(C(=N)N)cc1)c1ccc(OC2CCN(CC(=O)O)CC2)c(-c2ccc(F)cc2)c1.O=C(O)C(F)(F)F. The largest absolute Gasteiger partial charge is 0.490 e. The molecule has 0 saturated carbocycles. The molecule has 1 unspecified atom stereocenters. The molecule has 2 amide bonds. The second-order valence-electron chi connectivity index (χ2n) is 11.1. The Balaban J connectivity index is 0.000000838. The summed E-state index contributed by atoms with van der Waals surface area (Å²) in [6.45, 7) is 3.03. The van der Waals surface area contributed by atoms with Crippen LogP contribution >= 0.6 is 0 Å². The molecule has 0 aromatic heterocycles. The highest BCUT2D eigenvalue weighted by atomic mass is 19.4. The maximum absolute atomic E-state index is 13.7. The van der Waals surface area contributed by atoms with Crippen molar-refractivity contribution in [1.29, 1.82) is 5.41 Å². The maximum Gasteiger partial charge on any atom is 0.490 e. The summed E-state index contributed by atoms with van der Waals surface area (Å²) in [5.74, 6) is -4.40. The number of amidine groups is 1. The number of likely N-dealkylation sites (tertiary alicyclic amines) is 1. The first-order chi connectivity index (χ1) is 23.0. The number of piperidine rings is 1. The number of halogens is 4. The molecule has 1 fully saturated rings. The van der Waals surface area contributed by atoms with E-state index in [0.717, 1.165) is 16.7 Å². The Hall–Kier alpha value is -5.51. The monoisotopic (exact) mass is 689 g/mol. The summed E-state index contributed by atoms with van der Waals surface area (Å²) >= 11 is 0. The van der Waals surface area contributed by atoms with E-state index in [2.05, 4.69) is 10.6 Å². The number of hydrogen-bond acceptors (Lipinski definition) is 7. The minimum absolute atomic E-state index is 0.00172. The van der Waals surface area contributed by atoms with Gasteiger partial charge in [-0.05, 0) is 79.4 Å². The van der Waals surface area contributed by atoms with E-state index < -0.39 is 36.0 Å². The topological polar surface area (TPSA) is 195 Å². The van der Waals surface area contributed by atoms with Crippen molar-refractivity contribution < 1.29 is 51.7 Å². The summed E-state index contributed by atoms with van der Waals surface area (Å²) in [5.41, 5.74) is 8.69. The molecule has 0 bridgehead atoms. The van der Waals surface area contributed by atoms with E-state index in [9.17, 15) is 31.9 Å². The highest BCUT2D eigenvalue weighted by Crippen LogP contribution is 2.34. The molecule has 0 radical (unpaired) electrons. The highest BCUT2D eigenvalue weighted by molar-refractivity contribution is 6.04. The van der Waals surface area contributed by atoms with Crippen LogP contribution in [0.1, 0.15) is 43.4 Å². The van der Waals surface area contributed by atoms with Gasteiger partial charge in [-0.3, -0.25) is 24.7 Å². The lowest BCUT2D eigenvalue weighted by atomic mass is 9.98. The van der Waals surface area contributed by atoms with Crippen LogP contribution in [0.3, 0.4) is 0 Å². The van der Waals surface area contributed by atoms with Gasteiger partial charge >= 0.3 is 18.1 Å². The lowest BCUT2D eigenvalue weighted by Crippen LogP contribution is -2.40. The van der Waals surface area contributed by atoms with Gasteiger partial charge in [0.1, 0.15) is 29.9 Å². The third kappa shape index (κ3) is 12.2. The zero-order chi connectivity index (χ0) is 36.3. The van der Waals surface area contributed by atoms with Crippen LogP contribution < -0.4 is 21.1 Å². The summed E-state index contributed by atoms with van der Waals surface area (Å²) in [6.07, 6.45) is -4.22. The summed E-state index contributed by atoms with van der Waals surface area (Å²) < 4.78 is 51.8. The Kier molecular flexibility index (Phi) is 13.2. The Labute approximate surface area is 278 Å². The smallest absolute Gasteiger partial charge is 0.490 e. The summed E-state index contributed by atoms with van der Waals surface area (Å²) in [6, 6.07) is 17.6. The molecule has 262 valence electrons. The van der Waals surface area contributed by atoms with Gasteiger partial charge in [-0.15, -0.1) is 0 Å². The number of amides is 2.